The van der Waals surface area contributed by atoms with Gasteiger partial charge in [0.2, 0.25) is 0 Å². The van der Waals surface area contributed by atoms with Crippen LogP contribution in [0.15, 0.2) is 267 Å². The third-order valence-corrected chi connectivity index (χ3v) is 25.4. The summed E-state index contributed by atoms with van der Waals surface area (Å²) in [5.74, 6) is 24.1. The molecule has 14 rings (SSSR count). The summed E-state index contributed by atoms with van der Waals surface area (Å²) >= 11 is 0. The van der Waals surface area contributed by atoms with Crippen LogP contribution < -0.4 is 28.7 Å². The summed E-state index contributed by atoms with van der Waals surface area (Å²) in [6.07, 6.45) is 41.2. The van der Waals surface area contributed by atoms with E-state index in [1.807, 2.05) is 36.4 Å². The number of hydrogen-bond acceptors (Lipinski definition) is 6. The quantitative estimate of drug-likeness (QED) is 0.0281. The van der Waals surface area contributed by atoms with Gasteiger partial charge < -0.3 is 28.7 Å². The van der Waals surface area contributed by atoms with Crippen molar-refractivity contribution in [2.24, 2.45) is 0 Å². The van der Waals surface area contributed by atoms with Crippen molar-refractivity contribution in [3.05, 3.63) is 311 Å². The number of ether oxygens (including phenoxy) is 4. The molecule has 0 saturated carbocycles. The van der Waals surface area contributed by atoms with Crippen LogP contribution in [0.1, 0.15) is 254 Å². The van der Waals surface area contributed by atoms with E-state index in [0.29, 0.717) is 12.4 Å². The van der Waals surface area contributed by atoms with Gasteiger partial charge in [-0.05, 0) is 285 Å². The number of benzene rings is 12. The molecular weight excluding hydrogens is 1520 g/mol. The first kappa shape index (κ1) is 90.0. The number of methoxy groups -OCH3 is 2. The second-order valence-corrected chi connectivity index (χ2v) is 33.8. The molecule has 0 amide bonds. The van der Waals surface area contributed by atoms with Crippen molar-refractivity contribution >= 4 is 34.1 Å². The second kappa shape index (κ2) is 45.0. The summed E-state index contributed by atoms with van der Waals surface area (Å²) in [4.78, 5) is 4.61. The van der Waals surface area contributed by atoms with Crippen molar-refractivity contribution in [3.63, 3.8) is 0 Å². The number of aryl methyl sites for hydroxylation is 2. The molecule has 0 heterocycles. The lowest BCUT2D eigenvalue weighted by Crippen LogP contribution is -2.28. The van der Waals surface area contributed by atoms with Crippen molar-refractivity contribution in [1.29, 1.82) is 0 Å². The van der Waals surface area contributed by atoms with E-state index >= 15 is 0 Å². The van der Waals surface area contributed by atoms with E-state index in [9.17, 15) is 0 Å². The van der Waals surface area contributed by atoms with Crippen molar-refractivity contribution in [2.45, 2.75) is 220 Å². The van der Waals surface area contributed by atoms with Gasteiger partial charge in [-0.2, -0.15) is 0 Å². The Morgan fingerprint density at radius 2 is 0.600 bits per heavy atom. The number of anilines is 6. The maximum absolute atomic E-state index is 6.68. The first-order valence-corrected chi connectivity index (χ1v) is 45.9. The number of nitrogens with zero attached hydrogens (tertiary/aromatic N) is 2. The monoisotopic (exact) mass is 1670 g/mol. The summed E-state index contributed by atoms with van der Waals surface area (Å²) in [5.41, 5.74) is 27.6. The van der Waals surface area contributed by atoms with Crippen LogP contribution in [-0.2, 0) is 10.8 Å². The van der Waals surface area contributed by atoms with Crippen molar-refractivity contribution in [1.82, 2.24) is 0 Å². The molecule has 125 heavy (non-hydrogen) atoms. The van der Waals surface area contributed by atoms with Crippen LogP contribution >= 0.6 is 0 Å². The van der Waals surface area contributed by atoms with E-state index in [2.05, 4.69) is 328 Å². The van der Waals surface area contributed by atoms with Gasteiger partial charge in [0.15, 0.2) is 0 Å². The Labute approximate surface area is 763 Å². The van der Waals surface area contributed by atoms with Gasteiger partial charge in [-0.15, -0.1) is 6.42 Å². The molecule has 1 atom stereocenters. The summed E-state index contributed by atoms with van der Waals surface area (Å²) in [7, 11) is 3.42. The normalized spacial score (nSPS) is 12.8. The minimum Gasteiger partial charge on any atom is -0.497 e. The Morgan fingerprint density at radius 1 is 0.296 bits per heavy atom. The van der Waals surface area contributed by atoms with Gasteiger partial charge in [-0.3, -0.25) is 0 Å². The molecule has 6 heteroatoms. The number of hydrogen-bond donors (Lipinski definition) is 0. The largest absolute Gasteiger partial charge is 0.497 e. The maximum Gasteiger partial charge on any atom is 0.140 e. The molecule has 654 valence electrons. The number of unbranched alkanes of at least 4 members (excludes halogenated alkanes) is 21. The predicted molar refractivity (Wildman–Crippen MR) is 549 cm³/mol. The van der Waals surface area contributed by atoms with Crippen LogP contribution in [-0.4, -0.2) is 20.8 Å². The molecular formula is C119H144N2O4. The van der Waals surface area contributed by atoms with Crippen LogP contribution in [0.3, 0.4) is 0 Å². The lowest BCUT2D eigenvalue weighted by Gasteiger charge is -2.35. The lowest BCUT2D eigenvalue weighted by molar-refractivity contribution is 0.304. The zero-order valence-electron chi connectivity index (χ0n) is 74.1. The average Bonchev–Trinajstić information content (AvgIpc) is 1.53. The topological polar surface area (TPSA) is 43.4 Å². The number of fused-ring (bicyclic) bond motifs is 6. The van der Waals surface area contributed by atoms with E-state index in [1.165, 1.54) is 202 Å². The molecule has 0 N–H and O–H groups in total. The van der Waals surface area contributed by atoms with E-state index in [0.717, 1.165) is 110 Å². The first-order chi connectivity index (χ1) is 61.1. The molecule has 0 aromatic heterocycles. The third-order valence-electron chi connectivity index (χ3n) is 25.4. The Kier molecular flexibility index (Phi) is 32.4. The fourth-order valence-corrected chi connectivity index (χ4v) is 18.8. The Hall–Kier alpha value is -12.8. The highest BCUT2D eigenvalue weighted by atomic mass is 16.5. The third kappa shape index (κ3) is 21.7. The zero-order chi connectivity index (χ0) is 85.7. The van der Waals surface area contributed by atoms with Gasteiger partial charge in [0.25, 0.3) is 0 Å². The molecule has 2 aliphatic rings. The molecule has 0 saturated heterocycles. The minimum atomic E-state index is -0.844. The fourth-order valence-electron chi connectivity index (χ4n) is 18.8. The van der Waals surface area contributed by atoms with Crippen LogP contribution in [0, 0.1) is 73.7 Å². The maximum atomic E-state index is 6.68. The van der Waals surface area contributed by atoms with E-state index in [4.69, 9.17) is 25.4 Å². The van der Waals surface area contributed by atoms with Gasteiger partial charge in [0.1, 0.15) is 29.1 Å². The van der Waals surface area contributed by atoms with Gasteiger partial charge in [-0.25, -0.2) is 0 Å². The highest BCUT2D eigenvalue weighted by Gasteiger charge is 2.48. The summed E-state index contributed by atoms with van der Waals surface area (Å²) in [6, 6.07) is 99.1. The Balaban J connectivity index is 0.00000427. The van der Waals surface area contributed by atoms with Crippen LogP contribution in [0.4, 0.5) is 34.1 Å². The molecule has 1 unspecified atom stereocenters. The Bertz CT molecular complexity index is 5860. The van der Waals surface area contributed by atoms with E-state index in [-0.39, 0.29) is 27.1 Å². The van der Waals surface area contributed by atoms with Crippen molar-refractivity contribution in [2.75, 3.05) is 30.6 Å². The zero-order valence-corrected chi connectivity index (χ0v) is 74.1. The predicted octanol–water partition coefficient (Wildman–Crippen LogP) is 34.6. The van der Waals surface area contributed by atoms with Crippen LogP contribution in [0.5, 0.6) is 23.0 Å². The average molecular weight is 1670 g/mol. The lowest BCUT2D eigenvalue weighted by atomic mass is 9.67. The number of terminal acetylenes is 1. The summed E-state index contributed by atoms with van der Waals surface area (Å²) in [5, 5.41) is 0. The minimum absolute atomic E-state index is 0. The molecule has 0 aliphatic heterocycles. The van der Waals surface area contributed by atoms with Crippen molar-refractivity contribution < 1.29 is 33.2 Å². The molecule has 12 aromatic rings. The smallest absolute Gasteiger partial charge is 0.140 e. The van der Waals surface area contributed by atoms with Gasteiger partial charge in [0.05, 0.1) is 26.2 Å². The molecule has 0 spiro atoms. The Morgan fingerprint density at radius 3 is 1.02 bits per heavy atom. The highest BCUT2D eigenvalue weighted by Crippen LogP contribution is 2.60. The van der Waals surface area contributed by atoms with Gasteiger partial charge in [0, 0.05) is 77.5 Å². The van der Waals surface area contributed by atoms with E-state index < -0.39 is 5.41 Å². The fraction of sp³-hybridized carbons (Fsp3) is 0.311. The SMILES string of the molecule is C.C#CC#CC#CC#CC#COc1ccc(C2(c3ccc(OCCCCCCCCCC)cc3)c3cc(-c4ccc(N(c5ccc(OC)cc5)c5ccc(-c6ccc(N(c7ccc(C)cc7)c7ccc(OC)cc7)cc6)cc5)cc4)ccc3-c3ccc(-c4ccc5c(c4)C(CCCCCCCCCC)(CCCCCCCCCC)c4cc(C)ccc4-5)cc32)cc1.[HH].[HH].[HH].[HH].[HH].[HH].[HH].[HH].[HH].[HH]. The van der Waals surface area contributed by atoms with Crippen molar-refractivity contribution in [3.8, 4) is 139 Å². The molecule has 0 fully saturated rings. The van der Waals surface area contributed by atoms with Crippen LogP contribution in [0.25, 0.3) is 55.6 Å². The molecule has 0 bridgehead atoms. The second-order valence-electron chi connectivity index (χ2n) is 33.8. The van der Waals surface area contributed by atoms with Gasteiger partial charge in [-0.1, -0.05) is 314 Å². The molecule has 6 nitrogen and oxygen atoms in total. The van der Waals surface area contributed by atoms with E-state index in [1.54, 1.807) is 19.8 Å². The van der Waals surface area contributed by atoms with Gasteiger partial charge >= 0.3 is 0 Å². The number of rotatable bonds is 42. The van der Waals surface area contributed by atoms with Crippen LogP contribution in [0.2, 0.25) is 0 Å². The molecule has 2 aliphatic carbocycles. The summed E-state index contributed by atoms with van der Waals surface area (Å²) in [6.45, 7) is 12.0. The molecule has 12 aromatic carbocycles. The highest BCUT2D eigenvalue weighted by molar-refractivity contribution is 5.92. The summed E-state index contributed by atoms with van der Waals surface area (Å²) < 4.78 is 24.1. The standard InChI is InChI=1S/C118H120N2O4.CH4.10H2/c1-9-13-17-21-25-29-33-37-81-117(82-38-34-30-26-22-18-14-10-2)113-85-90(6)43-77-109(113)110-78-51-95(86-114(110)117)96-52-80-112-111-79-50-94(87-115(111)118(116(112)88-96,97-53-69-107(70-54-97)123-83-39-35-31-27-23-19-15-11-3)98-55-71-108(72-56-98)124-84-40-36-32-28-24-20-16-12-4)93-48-63-102(64-49-93)120(104-67-75-106(122-8)76-68-104)101-61-46-92(47-62-101)91-44-59-100(60-45-91)119(99-57-41-89(5)42-58-99)103-65-73-105(121-7)74-66-103;;;;;;;;;;;/h3,41-80,85-88H,9-10,12-14,16-18,20-22,24-26,28-30,32-34,36-38,40,81-82,84H2,1-2,4-8H3;1H4;10*1H. The molecule has 0 radical (unpaired) electrons. The first-order valence-electron chi connectivity index (χ1n) is 45.9.